The third-order valence-corrected chi connectivity index (χ3v) is 3.34. The van der Waals surface area contributed by atoms with Crippen LogP contribution >= 0.6 is 0 Å². The molecule has 0 radical (unpaired) electrons. The highest BCUT2D eigenvalue weighted by Gasteiger charge is 2.02. The van der Waals surface area contributed by atoms with Crippen LogP contribution in [0.4, 0.5) is 0 Å². The van der Waals surface area contributed by atoms with Crippen LogP contribution in [-0.2, 0) is 9.84 Å². The molecule has 0 bridgehead atoms. The first-order chi connectivity index (χ1) is 6.83. The van der Waals surface area contributed by atoms with Crippen LogP contribution in [0, 0.1) is 0 Å². The second-order valence-corrected chi connectivity index (χ2v) is 6.57. The van der Waals surface area contributed by atoms with Gasteiger partial charge in [0.05, 0.1) is 5.75 Å². The molecule has 0 fully saturated rings. The summed E-state index contributed by atoms with van der Waals surface area (Å²) in [6.07, 6.45) is 2.32. The summed E-state index contributed by atoms with van der Waals surface area (Å²) in [6.45, 7) is 6.81. The van der Waals surface area contributed by atoms with Gasteiger partial charge in [0.2, 0.25) is 0 Å². The molecule has 4 nitrogen and oxygen atoms in total. The lowest BCUT2D eigenvalue weighted by Gasteiger charge is -2.20. The van der Waals surface area contributed by atoms with Gasteiger partial charge in [0.15, 0.2) is 0 Å². The summed E-state index contributed by atoms with van der Waals surface area (Å²) < 4.78 is 21.6. The third kappa shape index (κ3) is 10.2. The summed E-state index contributed by atoms with van der Waals surface area (Å²) in [5.74, 6) is 0.229. The number of hydrogen-bond donors (Lipinski definition) is 1. The van der Waals surface area contributed by atoms with Gasteiger partial charge in [-0.25, -0.2) is 8.42 Å². The van der Waals surface area contributed by atoms with Gasteiger partial charge in [-0.2, -0.15) is 0 Å². The molecule has 0 aromatic carbocycles. The first kappa shape index (κ1) is 14.9. The van der Waals surface area contributed by atoms with Gasteiger partial charge in [-0.05, 0) is 40.4 Å². The molecule has 0 aliphatic rings. The second kappa shape index (κ2) is 7.19. The van der Waals surface area contributed by atoms with Crippen molar-refractivity contribution in [1.82, 2.24) is 10.2 Å². The maximum atomic E-state index is 10.8. The number of rotatable bonds is 8. The van der Waals surface area contributed by atoms with Crippen molar-refractivity contribution in [3.63, 3.8) is 0 Å². The van der Waals surface area contributed by atoms with Crippen LogP contribution in [0.3, 0.4) is 0 Å². The van der Waals surface area contributed by atoms with Crippen LogP contribution in [0.1, 0.15) is 20.3 Å². The van der Waals surface area contributed by atoms with Crippen LogP contribution in [0.25, 0.3) is 0 Å². The molecule has 0 saturated heterocycles. The first-order valence-electron chi connectivity index (χ1n) is 5.41. The molecule has 0 amide bonds. The summed E-state index contributed by atoms with van der Waals surface area (Å²) in [4.78, 5) is 2.28. The molecule has 15 heavy (non-hydrogen) atoms. The van der Waals surface area contributed by atoms with Crippen LogP contribution in [-0.4, -0.2) is 58.1 Å². The Kier molecular flexibility index (Phi) is 7.13. The van der Waals surface area contributed by atoms with Crippen LogP contribution in [0.15, 0.2) is 0 Å². The van der Waals surface area contributed by atoms with Crippen molar-refractivity contribution < 1.29 is 8.42 Å². The Morgan fingerprint density at radius 2 is 1.87 bits per heavy atom. The third-order valence-electron chi connectivity index (χ3n) is 2.40. The van der Waals surface area contributed by atoms with E-state index in [0.717, 1.165) is 19.5 Å². The molecule has 0 aromatic heterocycles. The molecule has 0 rings (SSSR count). The minimum atomic E-state index is -2.81. The molecule has 0 atom stereocenters. The van der Waals surface area contributed by atoms with Crippen molar-refractivity contribution in [1.29, 1.82) is 0 Å². The Morgan fingerprint density at radius 1 is 1.27 bits per heavy atom. The zero-order chi connectivity index (χ0) is 11.9. The van der Waals surface area contributed by atoms with Gasteiger partial charge in [0, 0.05) is 18.8 Å². The Labute approximate surface area is 94.0 Å². The van der Waals surface area contributed by atoms with Gasteiger partial charge >= 0.3 is 0 Å². The predicted molar refractivity (Wildman–Crippen MR) is 65.0 cm³/mol. The van der Waals surface area contributed by atoms with Crippen molar-refractivity contribution in [3.8, 4) is 0 Å². The summed E-state index contributed by atoms with van der Waals surface area (Å²) in [7, 11) is -0.716. The van der Waals surface area contributed by atoms with E-state index in [9.17, 15) is 8.42 Å². The van der Waals surface area contributed by atoms with E-state index in [-0.39, 0.29) is 5.75 Å². The fraction of sp³-hybridized carbons (Fsp3) is 1.00. The topological polar surface area (TPSA) is 49.4 Å². The van der Waals surface area contributed by atoms with Gasteiger partial charge in [0.25, 0.3) is 0 Å². The van der Waals surface area contributed by atoms with Crippen molar-refractivity contribution >= 4 is 9.84 Å². The Morgan fingerprint density at radius 3 is 2.33 bits per heavy atom. The SMILES string of the molecule is CC(C)N(C)CCCNCCS(C)(=O)=O. The quantitative estimate of drug-likeness (QED) is 0.618. The molecule has 0 spiro atoms. The standard InChI is InChI=1S/C10H24N2O2S/c1-10(2)12(3)8-5-6-11-7-9-15(4,13)14/h10-11H,5-9H2,1-4H3. The Balaban J connectivity index is 3.33. The maximum Gasteiger partial charge on any atom is 0.148 e. The monoisotopic (exact) mass is 236 g/mol. The van der Waals surface area contributed by atoms with Crippen LogP contribution in [0.5, 0.6) is 0 Å². The summed E-state index contributed by atoms with van der Waals surface area (Å²) in [6, 6.07) is 0.570. The fourth-order valence-corrected chi connectivity index (χ4v) is 1.61. The van der Waals surface area contributed by atoms with Gasteiger partial charge < -0.3 is 10.2 Å². The van der Waals surface area contributed by atoms with Crippen LogP contribution < -0.4 is 5.32 Å². The summed E-state index contributed by atoms with van der Waals surface area (Å²) >= 11 is 0. The van der Waals surface area contributed by atoms with E-state index < -0.39 is 9.84 Å². The lowest BCUT2D eigenvalue weighted by Crippen LogP contribution is -2.30. The average Bonchev–Trinajstić information content (AvgIpc) is 2.08. The van der Waals surface area contributed by atoms with E-state index in [4.69, 9.17) is 0 Å². The highest BCUT2D eigenvalue weighted by Crippen LogP contribution is 1.93. The van der Waals surface area contributed by atoms with Crippen molar-refractivity contribution in [2.24, 2.45) is 0 Å². The molecule has 92 valence electrons. The molecule has 0 heterocycles. The molecule has 5 heteroatoms. The molecular formula is C10H24N2O2S. The molecular weight excluding hydrogens is 212 g/mol. The molecule has 1 N–H and O–H groups in total. The summed E-state index contributed by atoms with van der Waals surface area (Å²) in [5, 5.41) is 3.13. The largest absolute Gasteiger partial charge is 0.316 e. The van der Waals surface area contributed by atoms with E-state index in [2.05, 4.69) is 31.1 Å². The van der Waals surface area contributed by atoms with E-state index in [0.29, 0.717) is 12.6 Å². The predicted octanol–water partition coefficient (Wildman–Crippen LogP) is 0.351. The molecule has 0 aliphatic heterocycles. The van der Waals surface area contributed by atoms with E-state index >= 15 is 0 Å². The lowest BCUT2D eigenvalue weighted by molar-refractivity contribution is 0.270. The Hall–Kier alpha value is -0.130. The van der Waals surface area contributed by atoms with E-state index in [1.807, 2.05) is 0 Å². The first-order valence-corrected chi connectivity index (χ1v) is 7.47. The number of hydrogen-bond acceptors (Lipinski definition) is 4. The molecule has 0 saturated carbocycles. The molecule has 0 aliphatic carbocycles. The lowest BCUT2D eigenvalue weighted by atomic mass is 10.3. The van der Waals surface area contributed by atoms with Gasteiger partial charge in [-0.3, -0.25) is 0 Å². The molecule has 0 unspecified atom stereocenters. The average molecular weight is 236 g/mol. The fourth-order valence-electron chi connectivity index (χ4n) is 1.09. The van der Waals surface area contributed by atoms with E-state index in [1.54, 1.807) is 0 Å². The Bertz CT molecular complexity index is 250. The number of sulfone groups is 1. The maximum absolute atomic E-state index is 10.8. The van der Waals surface area contributed by atoms with Crippen molar-refractivity contribution in [3.05, 3.63) is 0 Å². The van der Waals surface area contributed by atoms with Crippen molar-refractivity contribution in [2.45, 2.75) is 26.3 Å². The number of nitrogens with one attached hydrogen (secondary N) is 1. The summed E-state index contributed by atoms with van der Waals surface area (Å²) in [5.41, 5.74) is 0. The minimum Gasteiger partial charge on any atom is -0.316 e. The smallest absolute Gasteiger partial charge is 0.148 e. The second-order valence-electron chi connectivity index (χ2n) is 4.31. The minimum absolute atomic E-state index is 0.229. The molecule has 0 aromatic rings. The zero-order valence-electron chi connectivity index (χ0n) is 10.3. The normalized spacial score (nSPS) is 12.7. The number of nitrogens with zero attached hydrogens (tertiary/aromatic N) is 1. The van der Waals surface area contributed by atoms with Gasteiger partial charge in [0.1, 0.15) is 9.84 Å². The van der Waals surface area contributed by atoms with Crippen molar-refractivity contribution in [2.75, 3.05) is 38.7 Å². The highest BCUT2D eigenvalue weighted by molar-refractivity contribution is 7.90. The van der Waals surface area contributed by atoms with Gasteiger partial charge in [-0.1, -0.05) is 0 Å². The van der Waals surface area contributed by atoms with E-state index in [1.165, 1.54) is 6.26 Å². The zero-order valence-corrected chi connectivity index (χ0v) is 11.1. The van der Waals surface area contributed by atoms with Crippen LogP contribution in [0.2, 0.25) is 0 Å². The van der Waals surface area contributed by atoms with Gasteiger partial charge in [-0.15, -0.1) is 0 Å². The highest BCUT2D eigenvalue weighted by atomic mass is 32.2.